The molecule has 0 unspecified atom stereocenters. The number of amides is 1. The third-order valence-electron chi connectivity index (χ3n) is 1.04. The van der Waals surface area contributed by atoms with E-state index in [0.717, 1.165) is 0 Å². The maximum absolute atomic E-state index is 10.8. The van der Waals surface area contributed by atoms with E-state index in [0.29, 0.717) is 0 Å². The quantitative estimate of drug-likeness (QED) is 0.402. The molecule has 0 atom stereocenters. The van der Waals surface area contributed by atoms with Gasteiger partial charge in [-0.05, 0) is 13.8 Å². The predicted octanol–water partition coefficient (Wildman–Crippen LogP) is 0.809. The van der Waals surface area contributed by atoms with E-state index in [2.05, 4.69) is 21.4 Å². The SMILES string of the molecule is C=C(C)C(=O)OCNC(=O)OCC. The van der Waals surface area contributed by atoms with E-state index in [1.54, 1.807) is 6.92 Å². The fraction of sp³-hybridized carbons (Fsp3) is 0.500. The highest BCUT2D eigenvalue weighted by Crippen LogP contribution is 1.90. The van der Waals surface area contributed by atoms with E-state index in [1.807, 2.05) is 0 Å². The Morgan fingerprint density at radius 2 is 2.00 bits per heavy atom. The largest absolute Gasteiger partial charge is 0.450 e. The van der Waals surface area contributed by atoms with Gasteiger partial charge in [0.2, 0.25) is 0 Å². The van der Waals surface area contributed by atoms with Gasteiger partial charge < -0.3 is 9.47 Å². The number of alkyl carbamates (subject to hydrolysis) is 1. The zero-order valence-corrected chi connectivity index (χ0v) is 7.75. The Morgan fingerprint density at radius 1 is 1.38 bits per heavy atom. The standard InChI is InChI=1S/C8H13NO4/c1-4-12-8(11)9-5-13-7(10)6(2)3/h2,4-5H2,1,3H3,(H,9,11). The topological polar surface area (TPSA) is 64.6 Å². The molecule has 0 heterocycles. The average Bonchev–Trinajstić information content (AvgIpc) is 2.04. The van der Waals surface area contributed by atoms with Crippen LogP contribution in [0, 0.1) is 0 Å². The van der Waals surface area contributed by atoms with Gasteiger partial charge in [0.15, 0.2) is 6.73 Å². The Labute approximate surface area is 76.7 Å². The normalized spacial score (nSPS) is 8.77. The van der Waals surface area contributed by atoms with Crippen LogP contribution < -0.4 is 5.32 Å². The molecular formula is C8H13NO4. The van der Waals surface area contributed by atoms with Gasteiger partial charge in [0.1, 0.15) is 0 Å². The van der Waals surface area contributed by atoms with Gasteiger partial charge in [-0.1, -0.05) is 6.58 Å². The number of carbonyl (C=O) groups excluding carboxylic acids is 2. The summed E-state index contributed by atoms with van der Waals surface area (Å²) in [6, 6.07) is 0. The summed E-state index contributed by atoms with van der Waals surface area (Å²) >= 11 is 0. The van der Waals surface area contributed by atoms with E-state index in [4.69, 9.17) is 0 Å². The van der Waals surface area contributed by atoms with Crippen LogP contribution in [0.2, 0.25) is 0 Å². The summed E-state index contributed by atoms with van der Waals surface area (Å²) in [5.41, 5.74) is 0.283. The van der Waals surface area contributed by atoms with Crippen LogP contribution in [0.15, 0.2) is 12.2 Å². The molecule has 0 spiro atoms. The highest BCUT2D eigenvalue weighted by Gasteiger charge is 2.04. The number of hydrogen-bond donors (Lipinski definition) is 1. The second-order valence-electron chi connectivity index (χ2n) is 2.25. The second kappa shape index (κ2) is 6.05. The van der Waals surface area contributed by atoms with Gasteiger partial charge in [-0.25, -0.2) is 9.59 Å². The molecule has 5 heteroatoms. The molecule has 0 aromatic carbocycles. The molecule has 5 nitrogen and oxygen atoms in total. The minimum Gasteiger partial charge on any atom is -0.450 e. The van der Waals surface area contributed by atoms with Gasteiger partial charge in [-0.15, -0.1) is 0 Å². The first-order valence-corrected chi connectivity index (χ1v) is 3.81. The molecule has 0 aliphatic heterocycles. The first kappa shape index (κ1) is 11.5. The first-order chi connectivity index (χ1) is 6.07. The molecule has 0 fully saturated rings. The van der Waals surface area contributed by atoms with E-state index in [1.165, 1.54) is 6.92 Å². The average molecular weight is 187 g/mol. The van der Waals surface area contributed by atoms with Gasteiger partial charge in [-0.3, -0.25) is 5.32 Å². The molecule has 13 heavy (non-hydrogen) atoms. The van der Waals surface area contributed by atoms with Crippen LogP contribution in [-0.2, 0) is 14.3 Å². The highest BCUT2D eigenvalue weighted by molar-refractivity contribution is 5.87. The number of carbonyl (C=O) groups is 2. The molecule has 0 bridgehead atoms. The summed E-state index contributed by atoms with van der Waals surface area (Å²) < 4.78 is 9.09. The molecule has 1 N–H and O–H groups in total. The van der Waals surface area contributed by atoms with E-state index >= 15 is 0 Å². The molecule has 0 saturated carbocycles. The fourth-order valence-corrected chi connectivity index (χ4v) is 0.466. The number of nitrogens with one attached hydrogen (secondary N) is 1. The number of esters is 1. The molecule has 0 aromatic heterocycles. The highest BCUT2D eigenvalue weighted by atomic mass is 16.6. The smallest absolute Gasteiger partial charge is 0.409 e. The van der Waals surface area contributed by atoms with Crippen molar-refractivity contribution in [1.82, 2.24) is 5.32 Å². The summed E-state index contributed by atoms with van der Waals surface area (Å²) in [6.07, 6.45) is -0.614. The summed E-state index contributed by atoms with van der Waals surface area (Å²) in [4.78, 5) is 21.4. The Bertz CT molecular complexity index is 212. The third-order valence-corrected chi connectivity index (χ3v) is 1.04. The monoisotopic (exact) mass is 187 g/mol. The molecule has 0 rings (SSSR count). The molecule has 0 saturated heterocycles. The van der Waals surface area contributed by atoms with Gasteiger partial charge in [-0.2, -0.15) is 0 Å². The van der Waals surface area contributed by atoms with Crippen molar-refractivity contribution in [3.05, 3.63) is 12.2 Å². The molecule has 1 amide bonds. The lowest BCUT2D eigenvalue weighted by molar-refractivity contribution is -0.139. The Morgan fingerprint density at radius 3 is 2.46 bits per heavy atom. The fourth-order valence-electron chi connectivity index (χ4n) is 0.466. The van der Waals surface area contributed by atoms with Crippen LogP contribution in [0.5, 0.6) is 0 Å². The first-order valence-electron chi connectivity index (χ1n) is 3.81. The van der Waals surface area contributed by atoms with Crippen molar-refractivity contribution < 1.29 is 19.1 Å². The van der Waals surface area contributed by atoms with Crippen LogP contribution in [0.1, 0.15) is 13.8 Å². The summed E-state index contributed by atoms with van der Waals surface area (Å²) in [5, 5.41) is 2.22. The Hall–Kier alpha value is -1.52. The van der Waals surface area contributed by atoms with E-state index in [9.17, 15) is 9.59 Å². The molecular weight excluding hydrogens is 174 g/mol. The van der Waals surface area contributed by atoms with Crippen LogP contribution in [0.3, 0.4) is 0 Å². The summed E-state index contributed by atoms with van der Waals surface area (Å²) in [7, 11) is 0. The number of ether oxygens (including phenoxy) is 2. The van der Waals surface area contributed by atoms with E-state index in [-0.39, 0.29) is 18.9 Å². The van der Waals surface area contributed by atoms with Crippen molar-refractivity contribution in [3.8, 4) is 0 Å². The third kappa shape index (κ3) is 5.72. The van der Waals surface area contributed by atoms with Gasteiger partial charge in [0.05, 0.1) is 6.61 Å². The summed E-state index contributed by atoms with van der Waals surface area (Å²) in [6.45, 7) is 6.65. The molecule has 0 aromatic rings. The second-order valence-corrected chi connectivity index (χ2v) is 2.25. The number of rotatable bonds is 4. The van der Waals surface area contributed by atoms with Crippen molar-refractivity contribution >= 4 is 12.1 Å². The van der Waals surface area contributed by atoms with Crippen molar-refractivity contribution in [3.63, 3.8) is 0 Å². The van der Waals surface area contributed by atoms with Crippen molar-refractivity contribution in [2.45, 2.75) is 13.8 Å². The van der Waals surface area contributed by atoms with Crippen molar-refractivity contribution in [2.75, 3.05) is 13.3 Å². The Balaban J connectivity index is 3.50. The minimum absolute atomic E-state index is 0.204. The van der Waals surface area contributed by atoms with Crippen molar-refractivity contribution in [1.29, 1.82) is 0 Å². The molecule has 74 valence electrons. The number of hydrogen-bond acceptors (Lipinski definition) is 4. The van der Waals surface area contributed by atoms with Crippen LogP contribution in [0.25, 0.3) is 0 Å². The lowest BCUT2D eigenvalue weighted by atomic mass is 10.4. The Kier molecular flexibility index (Phi) is 5.34. The minimum atomic E-state index is -0.614. The van der Waals surface area contributed by atoms with Gasteiger partial charge in [0.25, 0.3) is 0 Å². The zero-order chi connectivity index (χ0) is 10.3. The predicted molar refractivity (Wildman–Crippen MR) is 45.9 cm³/mol. The lowest BCUT2D eigenvalue weighted by Crippen LogP contribution is -2.28. The van der Waals surface area contributed by atoms with Gasteiger partial charge >= 0.3 is 12.1 Å². The van der Waals surface area contributed by atoms with E-state index < -0.39 is 12.1 Å². The molecule has 0 radical (unpaired) electrons. The summed E-state index contributed by atoms with van der Waals surface area (Å²) in [5.74, 6) is -0.545. The van der Waals surface area contributed by atoms with Crippen LogP contribution in [-0.4, -0.2) is 25.4 Å². The van der Waals surface area contributed by atoms with Gasteiger partial charge in [0, 0.05) is 5.57 Å². The zero-order valence-electron chi connectivity index (χ0n) is 7.75. The lowest BCUT2D eigenvalue weighted by Gasteiger charge is -2.05. The van der Waals surface area contributed by atoms with Crippen molar-refractivity contribution in [2.24, 2.45) is 0 Å². The maximum Gasteiger partial charge on any atom is 0.409 e. The van der Waals surface area contributed by atoms with Crippen LogP contribution >= 0.6 is 0 Å². The van der Waals surface area contributed by atoms with Crippen LogP contribution in [0.4, 0.5) is 4.79 Å². The molecule has 0 aliphatic rings. The maximum atomic E-state index is 10.8. The molecule has 0 aliphatic carbocycles.